The van der Waals surface area contributed by atoms with E-state index in [0.29, 0.717) is 23.6 Å². The zero-order valence-corrected chi connectivity index (χ0v) is 17.3. The Morgan fingerprint density at radius 2 is 2.00 bits per heavy atom. The van der Waals surface area contributed by atoms with E-state index in [-0.39, 0.29) is 5.91 Å². The number of anilines is 1. The molecular formula is C19H17BrN2O2S2. The van der Waals surface area contributed by atoms with Crippen molar-refractivity contribution in [3.8, 4) is 17.0 Å². The SMILES string of the molecule is COc1ccccc1NC(=O)CCSc1nc(-c2ccc(Br)cc2)cs1. The van der Waals surface area contributed by atoms with E-state index in [9.17, 15) is 4.79 Å². The summed E-state index contributed by atoms with van der Waals surface area (Å²) < 4.78 is 7.25. The first kappa shape index (κ1) is 18.9. The van der Waals surface area contributed by atoms with Gasteiger partial charge in [0.05, 0.1) is 18.5 Å². The Bertz CT molecular complexity index is 881. The number of amides is 1. The molecule has 0 fully saturated rings. The predicted molar refractivity (Wildman–Crippen MR) is 112 cm³/mol. The van der Waals surface area contributed by atoms with E-state index in [0.717, 1.165) is 20.1 Å². The molecule has 2 aromatic carbocycles. The molecule has 3 aromatic rings. The number of rotatable bonds is 7. The van der Waals surface area contributed by atoms with Crippen molar-refractivity contribution in [2.75, 3.05) is 18.2 Å². The fourth-order valence-electron chi connectivity index (χ4n) is 2.27. The first-order valence-electron chi connectivity index (χ1n) is 7.93. The van der Waals surface area contributed by atoms with Crippen molar-refractivity contribution in [3.05, 3.63) is 58.4 Å². The number of thioether (sulfide) groups is 1. The number of halogens is 1. The molecule has 0 atom stereocenters. The number of nitrogens with zero attached hydrogens (tertiary/aromatic N) is 1. The number of nitrogens with one attached hydrogen (secondary N) is 1. The van der Waals surface area contributed by atoms with Crippen molar-refractivity contribution in [1.82, 2.24) is 4.98 Å². The van der Waals surface area contributed by atoms with Crippen LogP contribution in [0, 0.1) is 0 Å². The number of thiazole rings is 1. The van der Waals surface area contributed by atoms with Crippen molar-refractivity contribution in [2.24, 2.45) is 0 Å². The molecule has 1 N–H and O–H groups in total. The molecule has 1 amide bonds. The van der Waals surface area contributed by atoms with Gasteiger partial charge in [-0.25, -0.2) is 4.98 Å². The Hall–Kier alpha value is -1.83. The van der Waals surface area contributed by atoms with Gasteiger partial charge in [0.15, 0.2) is 4.34 Å². The lowest BCUT2D eigenvalue weighted by Gasteiger charge is -2.09. The second kappa shape index (κ2) is 9.21. The average Bonchev–Trinajstić information content (AvgIpc) is 3.11. The maximum atomic E-state index is 12.1. The fourth-order valence-corrected chi connectivity index (χ4v) is 4.38. The standard InChI is InChI=1S/C19H17BrN2O2S2/c1-24-17-5-3-2-4-15(17)21-18(23)10-11-25-19-22-16(12-26-19)13-6-8-14(20)9-7-13/h2-9,12H,10-11H2,1H3,(H,21,23). The normalized spacial score (nSPS) is 10.5. The zero-order valence-electron chi connectivity index (χ0n) is 14.1. The lowest BCUT2D eigenvalue weighted by molar-refractivity contribution is -0.115. The van der Waals surface area contributed by atoms with Crippen LogP contribution in [0.4, 0.5) is 5.69 Å². The first-order chi connectivity index (χ1) is 12.7. The molecule has 0 aliphatic heterocycles. The van der Waals surface area contributed by atoms with E-state index in [1.54, 1.807) is 30.2 Å². The van der Waals surface area contributed by atoms with Crippen LogP contribution in [0.25, 0.3) is 11.3 Å². The second-order valence-electron chi connectivity index (χ2n) is 5.35. The molecule has 4 nitrogen and oxygen atoms in total. The number of hydrogen-bond donors (Lipinski definition) is 1. The lowest BCUT2D eigenvalue weighted by atomic mass is 10.2. The van der Waals surface area contributed by atoms with Crippen LogP contribution in [0.1, 0.15) is 6.42 Å². The largest absolute Gasteiger partial charge is 0.495 e. The molecule has 0 bridgehead atoms. The number of para-hydroxylation sites is 2. The van der Waals surface area contributed by atoms with E-state index in [2.05, 4.69) is 26.2 Å². The molecule has 1 aromatic heterocycles. The summed E-state index contributed by atoms with van der Waals surface area (Å²) in [6.45, 7) is 0. The minimum atomic E-state index is -0.0355. The van der Waals surface area contributed by atoms with Gasteiger partial charge in [-0.2, -0.15) is 0 Å². The summed E-state index contributed by atoms with van der Waals surface area (Å²) in [6.07, 6.45) is 0.413. The van der Waals surface area contributed by atoms with Gasteiger partial charge in [-0.1, -0.05) is 52.0 Å². The maximum absolute atomic E-state index is 12.1. The minimum Gasteiger partial charge on any atom is -0.495 e. The van der Waals surface area contributed by atoms with Gasteiger partial charge >= 0.3 is 0 Å². The van der Waals surface area contributed by atoms with E-state index in [1.807, 2.05) is 53.9 Å². The van der Waals surface area contributed by atoms with E-state index in [4.69, 9.17) is 4.74 Å². The highest BCUT2D eigenvalue weighted by Crippen LogP contribution is 2.29. The molecule has 0 saturated heterocycles. The fraction of sp³-hybridized carbons (Fsp3) is 0.158. The van der Waals surface area contributed by atoms with Gasteiger partial charge in [-0.05, 0) is 24.3 Å². The molecule has 7 heteroatoms. The zero-order chi connectivity index (χ0) is 18.4. The monoisotopic (exact) mass is 448 g/mol. The summed E-state index contributed by atoms with van der Waals surface area (Å²) in [4.78, 5) is 16.8. The number of carbonyl (C=O) groups is 1. The predicted octanol–water partition coefficient (Wildman–Crippen LogP) is 5.70. The molecule has 0 radical (unpaired) electrons. The summed E-state index contributed by atoms with van der Waals surface area (Å²) in [7, 11) is 1.59. The highest BCUT2D eigenvalue weighted by molar-refractivity contribution is 9.10. The third kappa shape index (κ3) is 5.09. The van der Waals surface area contributed by atoms with Crippen LogP contribution in [-0.2, 0) is 4.79 Å². The summed E-state index contributed by atoms with van der Waals surface area (Å²) in [6, 6.07) is 15.5. The molecule has 0 aliphatic carbocycles. The Morgan fingerprint density at radius 3 is 2.77 bits per heavy atom. The van der Waals surface area contributed by atoms with Crippen LogP contribution in [-0.4, -0.2) is 23.8 Å². The number of hydrogen-bond acceptors (Lipinski definition) is 5. The van der Waals surface area contributed by atoms with Crippen molar-refractivity contribution in [2.45, 2.75) is 10.8 Å². The Balaban J connectivity index is 1.50. The van der Waals surface area contributed by atoms with Gasteiger partial charge in [0.1, 0.15) is 5.75 Å². The van der Waals surface area contributed by atoms with Crippen LogP contribution in [0.3, 0.4) is 0 Å². The Morgan fingerprint density at radius 1 is 1.23 bits per heavy atom. The summed E-state index contributed by atoms with van der Waals surface area (Å²) in [5, 5.41) is 4.93. The van der Waals surface area contributed by atoms with Crippen molar-refractivity contribution >= 4 is 50.6 Å². The minimum absolute atomic E-state index is 0.0355. The van der Waals surface area contributed by atoms with E-state index in [1.165, 1.54) is 0 Å². The Labute approximate surface area is 169 Å². The van der Waals surface area contributed by atoms with Crippen molar-refractivity contribution < 1.29 is 9.53 Å². The number of ether oxygens (including phenoxy) is 1. The molecule has 0 saturated carbocycles. The van der Waals surface area contributed by atoms with Gasteiger partial charge < -0.3 is 10.1 Å². The molecule has 1 heterocycles. The lowest BCUT2D eigenvalue weighted by Crippen LogP contribution is -2.12. The Kier molecular flexibility index (Phi) is 6.71. The van der Waals surface area contributed by atoms with Crippen molar-refractivity contribution in [3.63, 3.8) is 0 Å². The quantitative estimate of drug-likeness (QED) is 0.470. The topological polar surface area (TPSA) is 51.2 Å². The van der Waals surface area contributed by atoms with E-state index >= 15 is 0 Å². The number of aromatic nitrogens is 1. The van der Waals surface area contributed by atoms with Crippen LogP contribution in [0.2, 0.25) is 0 Å². The maximum Gasteiger partial charge on any atom is 0.225 e. The van der Waals surface area contributed by atoms with Crippen LogP contribution < -0.4 is 10.1 Å². The molecule has 0 spiro atoms. The number of methoxy groups -OCH3 is 1. The number of benzene rings is 2. The van der Waals surface area contributed by atoms with E-state index < -0.39 is 0 Å². The van der Waals surface area contributed by atoms with Crippen LogP contribution in [0.5, 0.6) is 5.75 Å². The first-order valence-corrected chi connectivity index (χ1v) is 10.6. The number of carbonyl (C=O) groups excluding carboxylic acids is 1. The molecule has 0 aliphatic rings. The van der Waals surface area contributed by atoms with Gasteiger partial charge in [0.2, 0.25) is 5.91 Å². The summed E-state index contributed by atoms with van der Waals surface area (Å²) >= 11 is 6.63. The van der Waals surface area contributed by atoms with Gasteiger partial charge in [-0.15, -0.1) is 11.3 Å². The smallest absolute Gasteiger partial charge is 0.225 e. The highest BCUT2D eigenvalue weighted by Gasteiger charge is 2.09. The third-order valence-electron chi connectivity index (χ3n) is 3.56. The summed E-state index contributed by atoms with van der Waals surface area (Å²) in [5.74, 6) is 1.30. The molecule has 26 heavy (non-hydrogen) atoms. The van der Waals surface area contributed by atoms with Gasteiger partial charge in [0, 0.05) is 27.6 Å². The third-order valence-corrected chi connectivity index (χ3v) is 6.11. The summed E-state index contributed by atoms with van der Waals surface area (Å²) in [5.41, 5.74) is 2.74. The molecule has 3 rings (SSSR count). The highest BCUT2D eigenvalue weighted by atomic mass is 79.9. The molecule has 134 valence electrons. The second-order valence-corrected chi connectivity index (χ2v) is 8.47. The molecular weight excluding hydrogens is 432 g/mol. The van der Waals surface area contributed by atoms with Crippen molar-refractivity contribution in [1.29, 1.82) is 0 Å². The van der Waals surface area contributed by atoms with Crippen LogP contribution in [0.15, 0.2) is 62.7 Å². The van der Waals surface area contributed by atoms with Crippen LogP contribution >= 0.6 is 39.0 Å². The van der Waals surface area contributed by atoms with Gasteiger partial charge in [0.25, 0.3) is 0 Å². The van der Waals surface area contributed by atoms with Gasteiger partial charge in [-0.3, -0.25) is 4.79 Å². The molecule has 0 unspecified atom stereocenters. The average molecular weight is 449 g/mol.